The fraction of sp³-hybridized carbons (Fsp3) is 0.872. The van der Waals surface area contributed by atoms with Crippen LogP contribution >= 0.6 is 0 Å². The van der Waals surface area contributed by atoms with Crippen molar-refractivity contribution in [2.24, 2.45) is 0 Å². The summed E-state index contributed by atoms with van der Waals surface area (Å²) in [6.07, 6.45) is 41.6. The van der Waals surface area contributed by atoms with Gasteiger partial charge in [-0.3, -0.25) is 0 Å². The Bertz CT molecular complexity index is 639. The summed E-state index contributed by atoms with van der Waals surface area (Å²) < 4.78 is 0. The predicted molar refractivity (Wildman–Crippen MR) is 184 cm³/mol. The number of hydrogen-bond donors (Lipinski definition) is 0. The van der Waals surface area contributed by atoms with Crippen molar-refractivity contribution in [3.05, 3.63) is 29.7 Å². The minimum Gasteiger partial charge on any atom is -0.238 e. The molecule has 0 aliphatic heterocycles. The van der Waals surface area contributed by atoms with E-state index in [1.165, 1.54) is 197 Å². The Hall–Kier alpha value is -0.920. The molecule has 239 valence electrons. The molecule has 0 aliphatic rings. The number of unbranched alkanes of at least 4 members (excludes halogenated alkanes) is 24. The molecular weight excluding hydrogens is 496 g/mol. The maximum atomic E-state index is 5.10. The fourth-order valence-corrected chi connectivity index (χ4v) is 6.27. The van der Waals surface area contributed by atoms with Crippen molar-refractivity contribution in [1.82, 2.24) is 9.97 Å². The third kappa shape index (κ3) is 21.4. The third-order valence-corrected chi connectivity index (χ3v) is 9.01. The molecule has 1 heterocycles. The molecule has 0 spiro atoms. The second-order valence-electron chi connectivity index (χ2n) is 13.0. The Morgan fingerprint density at radius 1 is 0.366 bits per heavy atom. The maximum Gasteiger partial charge on any atom is 0.128 e. The lowest BCUT2D eigenvalue weighted by Gasteiger charge is -2.16. The van der Waals surface area contributed by atoms with E-state index >= 15 is 0 Å². The summed E-state index contributed by atoms with van der Waals surface area (Å²) in [6.45, 7) is 11.1. The lowest BCUT2D eigenvalue weighted by atomic mass is 9.96. The first-order valence-corrected chi connectivity index (χ1v) is 18.9. The van der Waals surface area contributed by atoms with E-state index in [1.54, 1.807) is 0 Å². The van der Waals surface area contributed by atoms with Gasteiger partial charge in [0.2, 0.25) is 0 Å². The van der Waals surface area contributed by atoms with Crippen LogP contribution in [0, 0.1) is 6.92 Å². The molecule has 1 aromatic heterocycles. The van der Waals surface area contributed by atoms with E-state index in [2.05, 4.69) is 27.7 Å². The average Bonchev–Trinajstić information content (AvgIpc) is 2.99. The highest BCUT2D eigenvalue weighted by Gasteiger charge is 2.14. The Morgan fingerprint density at radius 2 is 0.634 bits per heavy atom. The van der Waals surface area contributed by atoms with Gasteiger partial charge in [-0.15, -0.1) is 0 Å². The molecule has 0 aliphatic carbocycles. The second kappa shape index (κ2) is 29.2. The molecule has 0 N–H and O–H groups in total. The highest BCUT2D eigenvalue weighted by Crippen LogP contribution is 2.22. The largest absolute Gasteiger partial charge is 0.238 e. The summed E-state index contributed by atoms with van der Waals surface area (Å²) in [5, 5.41) is 0. The van der Waals surface area contributed by atoms with Gasteiger partial charge in [-0.05, 0) is 51.0 Å². The van der Waals surface area contributed by atoms with Gasteiger partial charge in [0.15, 0.2) is 0 Å². The molecule has 0 saturated carbocycles. The van der Waals surface area contributed by atoms with Gasteiger partial charge in [-0.1, -0.05) is 175 Å². The van der Waals surface area contributed by atoms with Crippen LogP contribution in [-0.2, 0) is 25.7 Å². The van der Waals surface area contributed by atoms with Crippen molar-refractivity contribution in [2.45, 2.75) is 220 Å². The molecule has 2 nitrogen and oxygen atoms in total. The summed E-state index contributed by atoms with van der Waals surface area (Å²) in [6, 6.07) is 0. The van der Waals surface area contributed by atoms with Gasteiger partial charge >= 0.3 is 0 Å². The van der Waals surface area contributed by atoms with Crippen LogP contribution in [0.15, 0.2) is 0 Å². The van der Waals surface area contributed by atoms with Crippen LogP contribution in [0.3, 0.4) is 0 Å². The Balaban J connectivity index is 2.60. The summed E-state index contributed by atoms with van der Waals surface area (Å²) in [5.41, 5.74) is 4.29. The number of rotatable bonds is 31. The SMILES string of the molecule is [CH2]Cc1nc(CCCCCCCCCCC)c(CCCCCCCCCCC)c(CCCCCCCCCCC)n1. The number of aryl methyl sites for hydroxylation is 2. The van der Waals surface area contributed by atoms with Crippen LogP contribution < -0.4 is 0 Å². The van der Waals surface area contributed by atoms with Crippen molar-refractivity contribution in [3.8, 4) is 0 Å². The highest BCUT2D eigenvalue weighted by atomic mass is 14.9. The molecule has 0 atom stereocenters. The minimum atomic E-state index is 0.716. The monoisotopic (exact) mass is 570 g/mol. The van der Waals surface area contributed by atoms with Crippen LogP contribution in [-0.4, -0.2) is 9.97 Å². The van der Waals surface area contributed by atoms with Crippen molar-refractivity contribution in [1.29, 1.82) is 0 Å². The summed E-state index contributed by atoms with van der Waals surface area (Å²) in [5.74, 6) is 0.984. The van der Waals surface area contributed by atoms with Crippen LogP contribution in [0.25, 0.3) is 0 Å². The van der Waals surface area contributed by atoms with Gasteiger partial charge in [0.1, 0.15) is 5.82 Å². The quantitative estimate of drug-likeness (QED) is 0.0831. The van der Waals surface area contributed by atoms with Crippen molar-refractivity contribution in [2.75, 3.05) is 0 Å². The zero-order valence-corrected chi connectivity index (χ0v) is 28.5. The molecule has 0 fully saturated rings. The van der Waals surface area contributed by atoms with Crippen molar-refractivity contribution >= 4 is 0 Å². The van der Waals surface area contributed by atoms with Gasteiger partial charge in [-0.25, -0.2) is 9.97 Å². The minimum absolute atomic E-state index is 0.716. The summed E-state index contributed by atoms with van der Waals surface area (Å²) >= 11 is 0. The Morgan fingerprint density at radius 3 is 0.927 bits per heavy atom. The normalized spacial score (nSPS) is 11.5. The van der Waals surface area contributed by atoms with Gasteiger partial charge < -0.3 is 0 Å². The second-order valence-corrected chi connectivity index (χ2v) is 13.0. The molecule has 1 rings (SSSR count). The van der Waals surface area contributed by atoms with Crippen LogP contribution in [0.2, 0.25) is 0 Å². The molecule has 0 amide bonds. The first-order valence-electron chi connectivity index (χ1n) is 18.9. The van der Waals surface area contributed by atoms with Crippen LogP contribution in [0.1, 0.15) is 217 Å². The maximum absolute atomic E-state index is 5.10. The first-order chi connectivity index (χ1) is 20.3. The zero-order valence-electron chi connectivity index (χ0n) is 28.5. The van der Waals surface area contributed by atoms with E-state index in [1.807, 2.05) is 0 Å². The van der Waals surface area contributed by atoms with Crippen LogP contribution in [0.4, 0.5) is 0 Å². The Labute approximate surface area is 259 Å². The van der Waals surface area contributed by atoms with E-state index in [-0.39, 0.29) is 0 Å². The van der Waals surface area contributed by atoms with E-state index < -0.39 is 0 Å². The lowest BCUT2D eigenvalue weighted by Crippen LogP contribution is -2.11. The van der Waals surface area contributed by atoms with Crippen molar-refractivity contribution in [3.63, 3.8) is 0 Å². The number of nitrogens with zero attached hydrogens (tertiary/aromatic N) is 2. The van der Waals surface area contributed by atoms with Gasteiger partial charge in [0, 0.05) is 17.8 Å². The average molecular weight is 570 g/mol. The zero-order chi connectivity index (χ0) is 29.6. The number of hydrogen-bond acceptors (Lipinski definition) is 2. The first kappa shape index (κ1) is 38.1. The van der Waals surface area contributed by atoms with Gasteiger partial charge in [0.25, 0.3) is 0 Å². The summed E-state index contributed by atoms with van der Waals surface area (Å²) in [4.78, 5) is 10.2. The molecule has 0 unspecified atom stereocenters. The van der Waals surface area contributed by atoms with Gasteiger partial charge in [0.05, 0.1) is 0 Å². The highest BCUT2D eigenvalue weighted by molar-refractivity contribution is 5.27. The van der Waals surface area contributed by atoms with E-state index in [0.29, 0.717) is 6.42 Å². The Kier molecular flexibility index (Phi) is 27.1. The van der Waals surface area contributed by atoms with Gasteiger partial charge in [-0.2, -0.15) is 0 Å². The standard InChI is InChI=1S/C39H73N2/c1-5-9-12-15-18-21-24-27-30-33-36-37(34-31-28-25-22-19-16-13-10-6-2)40-39(8-4)41-38(36)35-32-29-26-23-20-17-14-11-7-3/h4-35H2,1-3H3. The molecule has 1 radical (unpaired) electrons. The van der Waals surface area contributed by atoms with E-state index in [9.17, 15) is 0 Å². The molecular formula is C39H73N2. The molecule has 41 heavy (non-hydrogen) atoms. The van der Waals surface area contributed by atoms with Crippen molar-refractivity contribution < 1.29 is 0 Å². The molecule has 2 heteroatoms. The number of aromatic nitrogens is 2. The molecule has 0 saturated heterocycles. The summed E-state index contributed by atoms with van der Waals surface area (Å²) in [7, 11) is 0. The predicted octanol–water partition coefficient (Wildman–Crippen LogP) is 13.1. The third-order valence-electron chi connectivity index (χ3n) is 9.01. The van der Waals surface area contributed by atoms with E-state index in [0.717, 1.165) is 18.7 Å². The molecule has 0 bridgehead atoms. The molecule has 0 aromatic carbocycles. The topological polar surface area (TPSA) is 25.8 Å². The lowest BCUT2D eigenvalue weighted by molar-refractivity contribution is 0.554. The fourth-order valence-electron chi connectivity index (χ4n) is 6.27. The smallest absolute Gasteiger partial charge is 0.128 e. The van der Waals surface area contributed by atoms with Crippen LogP contribution in [0.5, 0.6) is 0 Å². The van der Waals surface area contributed by atoms with E-state index in [4.69, 9.17) is 9.97 Å². The molecule has 1 aromatic rings.